The lowest BCUT2D eigenvalue weighted by molar-refractivity contribution is 0.186. The molecule has 0 saturated carbocycles. The van der Waals surface area contributed by atoms with Crippen LogP contribution in [0.3, 0.4) is 0 Å². The Labute approximate surface area is 103 Å². The zero-order valence-electron chi connectivity index (χ0n) is 9.71. The minimum atomic E-state index is 0.0787. The van der Waals surface area contributed by atoms with E-state index in [4.69, 9.17) is 18.0 Å². The van der Waals surface area contributed by atoms with E-state index in [9.17, 15) is 4.79 Å². The van der Waals surface area contributed by atoms with Crippen LogP contribution in [0.4, 0.5) is 4.79 Å². The standard InChI is InChI=1S/C11H21N3OS/c12-10(16)6-2-3-7-13-11(15)14-8-4-1-5-9-14/h1-9H2,(H2,12,16)(H,13,15). The molecule has 0 aromatic heterocycles. The van der Waals surface area contributed by atoms with Gasteiger partial charge in [0.25, 0.3) is 0 Å². The van der Waals surface area contributed by atoms with Gasteiger partial charge in [-0.25, -0.2) is 4.79 Å². The van der Waals surface area contributed by atoms with Crippen LogP contribution in [-0.2, 0) is 0 Å². The lowest BCUT2D eigenvalue weighted by Gasteiger charge is -2.26. The molecule has 1 aliphatic heterocycles. The van der Waals surface area contributed by atoms with Crippen LogP contribution in [0.2, 0.25) is 0 Å². The normalized spacial score (nSPS) is 15.9. The number of amides is 2. The fourth-order valence-electron chi connectivity index (χ4n) is 1.83. The van der Waals surface area contributed by atoms with E-state index in [0.717, 1.165) is 51.7 Å². The monoisotopic (exact) mass is 243 g/mol. The summed E-state index contributed by atoms with van der Waals surface area (Å²) in [6.07, 6.45) is 6.18. The molecule has 0 aliphatic carbocycles. The minimum absolute atomic E-state index is 0.0787. The number of nitrogens with two attached hydrogens (primary N) is 1. The zero-order chi connectivity index (χ0) is 11.8. The van der Waals surface area contributed by atoms with E-state index < -0.39 is 0 Å². The van der Waals surface area contributed by atoms with E-state index in [1.165, 1.54) is 6.42 Å². The van der Waals surface area contributed by atoms with Crippen molar-refractivity contribution in [2.75, 3.05) is 19.6 Å². The topological polar surface area (TPSA) is 58.4 Å². The average Bonchev–Trinajstić information content (AvgIpc) is 2.29. The second-order valence-electron chi connectivity index (χ2n) is 4.20. The SMILES string of the molecule is NC(=S)CCCCNC(=O)N1CCCCC1. The molecule has 1 heterocycles. The quantitative estimate of drug-likeness (QED) is 0.570. The van der Waals surface area contributed by atoms with E-state index >= 15 is 0 Å². The number of nitrogens with one attached hydrogen (secondary N) is 1. The zero-order valence-corrected chi connectivity index (χ0v) is 10.5. The van der Waals surface area contributed by atoms with Gasteiger partial charge in [0.15, 0.2) is 0 Å². The minimum Gasteiger partial charge on any atom is -0.393 e. The summed E-state index contributed by atoms with van der Waals surface area (Å²) in [6.45, 7) is 2.52. The molecule has 1 fully saturated rings. The van der Waals surface area contributed by atoms with Gasteiger partial charge in [0.05, 0.1) is 4.99 Å². The molecular weight excluding hydrogens is 222 g/mol. The maximum atomic E-state index is 11.7. The van der Waals surface area contributed by atoms with Gasteiger partial charge in [-0.1, -0.05) is 12.2 Å². The maximum Gasteiger partial charge on any atom is 0.317 e. The van der Waals surface area contributed by atoms with Crippen molar-refractivity contribution in [2.45, 2.75) is 38.5 Å². The molecule has 3 N–H and O–H groups in total. The van der Waals surface area contributed by atoms with Crippen molar-refractivity contribution in [3.63, 3.8) is 0 Å². The molecule has 0 aromatic carbocycles. The first-order valence-electron chi connectivity index (χ1n) is 6.01. The number of hydrogen-bond acceptors (Lipinski definition) is 2. The molecule has 1 saturated heterocycles. The fourth-order valence-corrected chi connectivity index (χ4v) is 1.97. The molecule has 5 heteroatoms. The number of urea groups is 1. The van der Waals surface area contributed by atoms with Gasteiger partial charge in [0, 0.05) is 19.6 Å². The van der Waals surface area contributed by atoms with Crippen molar-refractivity contribution in [2.24, 2.45) is 5.73 Å². The average molecular weight is 243 g/mol. The highest BCUT2D eigenvalue weighted by molar-refractivity contribution is 7.80. The number of carbonyl (C=O) groups is 1. The van der Waals surface area contributed by atoms with Crippen molar-refractivity contribution < 1.29 is 4.79 Å². The number of likely N-dealkylation sites (tertiary alicyclic amines) is 1. The summed E-state index contributed by atoms with van der Waals surface area (Å²) in [5.41, 5.74) is 5.39. The molecule has 4 nitrogen and oxygen atoms in total. The van der Waals surface area contributed by atoms with Crippen LogP contribution in [0.25, 0.3) is 0 Å². The summed E-state index contributed by atoms with van der Waals surface area (Å²) >= 11 is 4.78. The number of nitrogens with zero attached hydrogens (tertiary/aromatic N) is 1. The Kier molecular flexibility index (Phi) is 6.15. The van der Waals surface area contributed by atoms with Gasteiger partial charge in [-0.3, -0.25) is 0 Å². The Hall–Kier alpha value is -0.840. The second kappa shape index (κ2) is 7.44. The van der Waals surface area contributed by atoms with E-state index in [-0.39, 0.29) is 6.03 Å². The van der Waals surface area contributed by atoms with Gasteiger partial charge in [-0.2, -0.15) is 0 Å². The van der Waals surface area contributed by atoms with Gasteiger partial charge >= 0.3 is 6.03 Å². The van der Waals surface area contributed by atoms with Crippen molar-refractivity contribution in [3.8, 4) is 0 Å². The first-order valence-corrected chi connectivity index (χ1v) is 6.42. The predicted molar refractivity (Wildman–Crippen MR) is 69.5 cm³/mol. The highest BCUT2D eigenvalue weighted by Crippen LogP contribution is 2.08. The van der Waals surface area contributed by atoms with Crippen LogP contribution in [0.15, 0.2) is 0 Å². The summed E-state index contributed by atoms with van der Waals surface area (Å²) in [5, 5.41) is 2.93. The van der Waals surface area contributed by atoms with Crippen LogP contribution in [0.1, 0.15) is 38.5 Å². The molecule has 2 amide bonds. The van der Waals surface area contributed by atoms with Gasteiger partial charge in [0.1, 0.15) is 0 Å². The number of hydrogen-bond donors (Lipinski definition) is 2. The maximum absolute atomic E-state index is 11.7. The number of carbonyl (C=O) groups excluding carboxylic acids is 1. The molecule has 16 heavy (non-hydrogen) atoms. The van der Waals surface area contributed by atoms with Crippen LogP contribution in [0.5, 0.6) is 0 Å². The number of piperidine rings is 1. The first-order chi connectivity index (χ1) is 7.70. The molecule has 0 bridgehead atoms. The molecule has 92 valence electrons. The van der Waals surface area contributed by atoms with Gasteiger partial charge in [-0.05, 0) is 38.5 Å². The molecule has 0 radical (unpaired) electrons. The van der Waals surface area contributed by atoms with Crippen molar-refractivity contribution in [1.29, 1.82) is 0 Å². The molecule has 0 spiro atoms. The summed E-state index contributed by atoms with van der Waals surface area (Å²) in [6, 6.07) is 0.0787. The largest absolute Gasteiger partial charge is 0.393 e. The third-order valence-electron chi connectivity index (χ3n) is 2.77. The molecule has 0 aromatic rings. The van der Waals surface area contributed by atoms with Crippen molar-refractivity contribution in [1.82, 2.24) is 10.2 Å². The summed E-state index contributed by atoms with van der Waals surface area (Å²) in [5.74, 6) is 0. The first kappa shape index (κ1) is 13.2. The number of unbranched alkanes of at least 4 members (excludes halogenated alkanes) is 1. The molecule has 0 unspecified atom stereocenters. The van der Waals surface area contributed by atoms with Crippen LogP contribution in [0, 0.1) is 0 Å². The predicted octanol–water partition coefficient (Wildman–Crippen LogP) is 1.64. The Morgan fingerprint density at radius 1 is 1.25 bits per heavy atom. The number of rotatable bonds is 5. The third-order valence-corrected chi connectivity index (χ3v) is 2.97. The third kappa shape index (κ3) is 5.30. The van der Waals surface area contributed by atoms with Gasteiger partial charge in [0.2, 0.25) is 0 Å². The van der Waals surface area contributed by atoms with Crippen LogP contribution < -0.4 is 11.1 Å². The summed E-state index contributed by atoms with van der Waals surface area (Å²) < 4.78 is 0. The fraction of sp³-hybridized carbons (Fsp3) is 0.818. The van der Waals surface area contributed by atoms with Gasteiger partial charge in [-0.15, -0.1) is 0 Å². The number of thiocarbonyl (C=S) groups is 1. The van der Waals surface area contributed by atoms with E-state index in [2.05, 4.69) is 5.32 Å². The summed E-state index contributed by atoms with van der Waals surface area (Å²) in [7, 11) is 0. The molecule has 1 aliphatic rings. The molecular formula is C11H21N3OS. The lowest BCUT2D eigenvalue weighted by Crippen LogP contribution is -2.43. The van der Waals surface area contributed by atoms with Crippen LogP contribution >= 0.6 is 12.2 Å². The highest BCUT2D eigenvalue weighted by Gasteiger charge is 2.15. The molecule has 1 rings (SSSR count). The van der Waals surface area contributed by atoms with Crippen LogP contribution in [-0.4, -0.2) is 35.6 Å². The van der Waals surface area contributed by atoms with E-state index in [1.807, 2.05) is 4.90 Å². The summed E-state index contributed by atoms with van der Waals surface area (Å²) in [4.78, 5) is 14.1. The van der Waals surface area contributed by atoms with Crippen molar-refractivity contribution in [3.05, 3.63) is 0 Å². The Morgan fingerprint density at radius 3 is 2.56 bits per heavy atom. The molecule has 0 atom stereocenters. The Bertz CT molecular complexity index is 239. The van der Waals surface area contributed by atoms with Crippen molar-refractivity contribution >= 4 is 23.2 Å². The Morgan fingerprint density at radius 2 is 1.94 bits per heavy atom. The smallest absolute Gasteiger partial charge is 0.317 e. The van der Waals surface area contributed by atoms with Gasteiger partial charge < -0.3 is 16.0 Å². The van der Waals surface area contributed by atoms with E-state index in [0.29, 0.717) is 4.99 Å². The Balaban J connectivity index is 2.03. The van der Waals surface area contributed by atoms with E-state index in [1.54, 1.807) is 0 Å². The highest BCUT2D eigenvalue weighted by atomic mass is 32.1. The second-order valence-corrected chi connectivity index (χ2v) is 4.73. The lowest BCUT2D eigenvalue weighted by atomic mass is 10.1.